The van der Waals surface area contributed by atoms with Crippen LogP contribution in [-0.4, -0.2) is 4.98 Å². The fourth-order valence-corrected chi connectivity index (χ4v) is 2.95. The Morgan fingerprint density at radius 3 is 2.26 bits per heavy atom. The van der Waals surface area contributed by atoms with Crippen LogP contribution in [0.2, 0.25) is 0 Å². The van der Waals surface area contributed by atoms with Gasteiger partial charge < -0.3 is 5.73 Å². The van der Waals surface area contributed by atoms with E-state index in [2.05, 4.69) is 19.1 Å². The summed E-state index contributed by atoms with van der Waals surface area (Å²) in [5.74, 6) is 0. The van der Waals surface area contributed by atoms with E-state index in [9.17, 15) is 0 Å². The van der Waals surface area contributed by atoms with Crippen molar-refractivity contribution in [2.24, 2.45) is 0 Å². The van der Waals surface area contributed by atoms with Gasteiger partial charge in [0, 0.05) is 21.7 Å². The highest BCUT2D eigenvalue weighted by Gasteiger charge is 2.10. The Morgan fingerprint density at radius 1 is 0.895 bits per heavy atom. The third-order valence-electron chi connectivity index (χ3n) is 3.00. The molecule has 0 atom stereocenters. The third kappa shape index (κ3) is 2.37. The second-order valence-corrected chi connectivity index (χ2v) is 5.62. The van der Waals surface area contributed by atoms with Crippen molar-refractivity contribution in [3.05, 3.63) is 59.5 Å². The monoisotopic (exact) mass is 266 g/mol. The first kappa shape index (κ1) is 11.9. The van der Waals surface area contributed by atoms with Crippen LogP contribution in [-0.2, 0) is 0 Å². The van der Waals surface area contributed by atoms with Crippen LogP contribution in [0.4, 0.5) is 5.69 Å². The summed E-state index contributed by atoms with van der Waals surface area (Å²) < 4.78 is 0. The summed E-state index contributed by atoms with van der Waals surface area (Å²) in [6.45, 7) is 2.11. The number of nitrogens with two attached hydrogens (primary N) is 1. The molecular formula is C16H14N2S. The van der Waals surface area contributed by atoms with Gasteiger partial charge in [-0.05, 0) is 19.1 Å². The molecule has 0 aliphatic rings. The topological polar surface area (TPSA) is 38.9 Å². The van der Waals surface area contributed by atoms with Crippen molar-refractivity contribution in [3.63, 3.8) is 0 Å². The van der Waals surface area contributed by atoms with Crippen LogP contribution < -0.4 is 5.73 Å². The third-order valence-corrected chi connectivity index (χ3v) is 4.02. The van der Waals surface area contributed by atoms with E-state index in [0.29, 0.717) is 0 Å². The lowest BCUT2D eigenvalue weighted by molar-refractivity contribution is 1.37. The van der Waals surface area contributed by atoms with Crippen LogP contribution >= 0.6 is 11.3 Å². The quantitative estimate of drug-likeness (QED) is 0.700. The van der Waals surface area contributed by atoms with Crippen molar-refractivity contribution in [2.45, 2.75) is 6.92 Å². The highest BCUT2D eigenvalue weighted by molar-refractivity contribution is 7.15. The number of anilines is 1. The van der Waals surface area contributed by atoms with Gasteiger partial charge in [0.2, 0.25) is 0 Å². The number of aromatic nitrogens is 1. The molecule has 0 amide bonds. The minimum atomic E-state index is 0.778. The Kier molecular flexibility index (Phi) is 3.05. The number of hydrogen-bond donors (Lipinski definition) is 1. The molecule has 0 fully saturated rings. The first-order chi connectivity index (χ1) is 9.24. The molecule has 2 aromatic carbocycles. The van der Waals surface area contributed by atoms with Gasteiger partial charge in [0.1, 0.15) is 5.01 Å². The molecule has 0 saturated carbocycles. The van der Waals surface area contributed by atoms with Crippen LogP contribution in [0.5, 0.6) is 0 Å². The Balaban J connectivity index is 2.05. The van der Waals surface area contributed by atoms with Gasteiger partial charge in [-0.15, -0.1) is 11.3 Å². The highest BCUT2D eigenvalue weighted by Crippen LogP contribution is 2.33. The molecule has 1 aromatic heterocycles. The van der Waals surface area contributed by atoms with E-state index < -0.39 is 0 Å². The van der Waals surface area contributed by atoms with E-state index in [1.54, 1.807) is 11.3 Å². The summed E-state index contributed by atoms with van der Waals surface area (Å²) in [6.07, 6.45) is 0. The van der Waals surface area contributed by atoms with Gasteiger partial charge in [0.15, 0.2) is 0 Å². The van der Waals surface area contributed by atoms with Crippen molar-refractivity contribution in [1.29, 1.82) is 0 Å². The molecular weight excluding hydrogens is 252 g/mol. The van der Waals surface area contributed by atoms with Crippen LogP contribution in [0.1, 0.15) is 4.88 Å². The molecule has 94 valence electrons. The molecule has 19 heavy (non-hydrogen) atoms. The Bertz CT molecular complexity index is 685. The normalized spacial score (nSPS) is 10.6. The number of rotatable bonds is 2. The molecule has 3 rings (SSSR count). The van der Waals surface area contributed by atoms with Gasteiger partial charge in [0.05, 0.1) is 5.69 Å². The zero-order valence-corrected chi connectivity index (χ0v) is 11.4. The van der Waals surface area contributed by atoms with Crippen molar-refractivity contribution in [3.8, 4) is 21.8 Å². The second kappa shape index (κ2) is 4.86. The summed E-state index contributed by atoms with van der Waals surface area (Å²) in [5, 5.41) is 1.06. The lowest BCUT2D eigenvalue weighted by atomic mass is 10.1. The summed E-state index contributed by atoms with van der Waals surface area (Å²) in [4.78, 5) is 5.98. The minimum Gasteiger partial charge on any atom is -0.399 e. The van der Waals surface area contributed by atoms with Crippen molar-refractivity contribution in [2.75, 3.05) is 5.73 Å². The number of benzene rings is 2. The summed E-state index contributed by atoms with van der Waals surface area (Å²) in [7, 11) is 0. The Hall–Kier alpha value is -2.13. The summed E-state index contributed by atoms with van der Waals surface area (Å²) in [6, 6.07) is 18.1. The van der Waals surface area contributed by atoms with Crippen LogP contribution in [0.25, 0.3) is 21.8 Å². The number of hydrogen-bond acceptors (Lipinski definition) is 3. The van der Waals surface area contributed by atoms with E-state index in [1.807, 2.05) is 42.5 Å². The van der Waals surface area contributed by atoms with Gasteiger partial charge in [-0.25, -0.2) is 4.98 Å². The molecule has 0 aliphatic heterocycles. The zero-order chi connectivity index (χ0) is 13.2. The van der Waals surface area contributed by atoms with E-state index in [-0.39, 0.29) is 0 Å². The molecule has 1 heterocycles. The maximum Gasteiger partial charge on any atom is 0.124 e. The number of nitrogen functional groups attached to an aromatic ring is 1. The van der Waals surface area contributed by atoms with Crippen LogP contribution in [0.15, 0.2) is 54.6 Å². The van der Waals surface area contributed by atoms with E-state index >= 15 is 0 Å². The highest BCUT2D eigenvalue weighted by atomic mass is 32.1. The number of thiazole rings is 1. The average molecular weight is 266 g/mol. The lowest BCUT2D eigenvalue weighted by Crippen LogP contribution is -1.85. The SMILES string of the molecule is Cc1sc(-c2ccccc2)nc1-c1ccc(N)cc1. The molecule has 3 heteroatoms. The molecule has 2 nitrogen and oxygen atoms in total. The summed E-state index contributed by atoms with van der Waals surface area (Å²) in [5.41, 5.74) is 9.82. The standard InChI is InChI=1S/C16H14N2S/c1-11-15(12-7-9-14(17)10-8-12)18-16(19-11)13-5-3-2-4-6-13/h2-10H,17H2,1H3. The molecule has 0 radical (unpaired) electrons. The first-order valence-corrected chi connectivity index (χ1v) is 6.94. The molecule has 0 aliphatic carbocycles. The molecule has 0 saturated heterocycles. The van der Waals surface area contributed by atoms with Crippen LogP contribution in [0, 0.1) is 6.92 Å². The van der Waals surface area contributed by atoms with Gasteiger partial charge in [-0.2, -0.15) is 0 Å². The lowest BCUT2D eigenvalue weighted by Gasteiger charge is -1.99. The van der Waals surface area contributed by atoms with Crippen LogP contribution in [0.3, 0.4) is 0 Å². The number of aryl methyl sites for hydroxylation is 1. The maximum absolute atomic E-state index is 5.72. The zero-order valence-electron chi connectivity index (χ0n) is 10.6. The summed E-state index contributed by atoms with van der Waals surface area (Å²) >= 11 is 1.72. The van der Waals surface area contributed by atoms with Crippen molar-refractivity contribution < 1.29 is 0 Å². The van der Waals surface area contributed by atoms with E-state index in [1.165, 1.54) is 4.88 Å². The maximum atomic E-state index is 5.72. The second-order valence-electron chi connectivity index (χ2n) is 4.41. The predicted octanol–water partition coefficient (Wildman–Crippen LogP) is 4.37. The fourth-order valence-electron chi connectivity index (χ4n) is 2.01. The smallest absolute Gasteiger partial charge is 0.124 e. The molecule has 0 bridgehead atoms. The average Bonchev–Trinajstić information content (AvgIpc) is 2.83. The molecule has 0 unspecified atom stereocenters. The van der Waals surface area contributed by atoms with Crippen molar-refractivity contribution >= 4 is 17.0 Å². The fraction of sp³-hybridized carbons (Fsp3) is 0.0625. The van der Waals surface area contributed by atoms with E-state index in [0.717, 1.165) is 27.5 Å². The Morgan fingerprint density at radius 2 is 1.58 bits per heavy atom. The largest absolute Gasteiger partial charge is 0.399 e. The Labute approximate surface area is 116 Å². The first-order valence-electron chi connectivity index (χ1n) is 6.13. The van der Waals surface area contributed by atoms with Gasteiger partial charge in [0.25, 0.3) is 0 Å². The van der Waals surface area contributed by atoms with Gasteiger partial charge in [-0.3, -0.25) is 0 Å². The predicted molar refractivity (Wildman–Crippen MR) is 82.1 cm³/mol. The molecule has 2 N–H and O–H groups in total. The molecule has 0 spiro atoms. The van der Waals surface area contributed by atoms with Crippen molar-refractivity contribution in [1.82, 2.24) is 4.98 Å². The van der Waals surface area contributed by atoms with Gasteiger partial charge >= 0.3 is 0 Å². The minimum absolute atomic E-state index is 0.778. The van der Waals surface area contributed by atoms with Gasteiger partial charge in [-0.1, -0.05) is 42.5 Å². The van der Waals surface area contributed by atoms with E-state index in [4.69, 9.17) is 10.7 Å². The molecule has 3 aromatic rings. The number of nitrogens with zero attached hydrogens (tertiary/aromatic N) is 1.